The van der Waals surface area contributed by atoms with E-state index in [4.69, 9.17) is 4.98 Å². The molecule has 8 heteroatoms. The minimum atomic E-state index is 0.117. The summed E-state index contributed by atoms with van der Waals surface area (Å²) in [6.07, 6.45) is 14.4. The molecular formula is C20H16N8. The van der Waals surface area contributed by atoms with Gasteiger partial charge in [-0.1, -0.05) is 24.3 Å². The number of anilines is 1. The topological polar surface area (TPSA) is 99.6 Å². The molecule has 5 aromatic rings. The molecule has 1 atom stereocenters. The van der Waals surface area contributed by atoms with E-state index in [0.717, 1.165) is 51.3 Å². The average molecular weight is 368 g/mol. The minimum Gasteiger partial charge on any atom is -0.360 e. The highest BCUT2D eigenvalue weighted by atomic mass is 15.1. The fourth-order valence-corrected chi connectivity index (χ4v) is 3.68. The van der Waals surface area contributed by atoms with Crippen LogP contribution in [0, 0.1) is 0 Å². The number of rotatable bonds is 3. The molecule has 4 aromatic heterocycles. The number of nitrogens with zero attached hydrogens (tertiary/aromatic N) is 5. The third-order valence-corrected chi connectivity index (χ3v) is 5.12. The number of nitrogens with one attached hydrogen (secondary N) is 3. The van der Waals surface area contributed by atoms with Gasteiger partial charge in [-0.15, -0.1) is 0 Å². The predicted octanol–water partition coefficient (Wildman–Crippen LogP) is 3.05. The van der Waals surface area contributed by atoms with Crippen molar-refractivity contribution in [2.24, 2.45) is 0 Å². The number of hydrogen-bond acceptors (Lipinski definition) is 5. The zero-order valence-corrected chi connectivity index (χ0v) is 14.8. The van der Waals surface area contributed by atoms with Crippen LogP contribution in [0.2, 0.25) is 0 Å². The molecule has 1 aromatic carbocycles. The Bertz CT molecular complexity index is 1340. The summed E-state index contributed by atoms with van der Waals surface area (Å²) in [5.74, 6) is 0.754. The van der Waals surface area contributed by atoms with Crippen LogP contribution in [0.1, 0.15) is 11.3 Å². The Labute approximate surface area is 159 Å². The van der Waals surface area contributed by atoms with Gasteiger partial charge in [0.15, 0.2) is 11.5 Å². The number of imidazole rings is 1. The van der Waals surface area contributed by atoms with Crippen molar-refractivity contribution in [2.45, 2.75) is 12.5 Å². The SMILES string of the molecule is C1=CC(Nc2nc(-c3ccc4cn[nH]c4c3)cn3ccnc23)Cc2[nH]ncc21. The van der Waals surface area contributed by atoms with Crippen LogP contribution in [0.25, 0.3) is 33.9 Å². The van der Waals surface area contributed by atoms with E-state index < -0.39 is 0 Å². The van der Waals surface area contributed by atoms with Crippen LogP contribution < -0.4 is 5.32 Å². The summed E-state index contributed by atoms with van der Waals surface area (Å²) in [6, 6.07) is 6.29. The molecule has 4 heterocycles. The first kappa shape index (κ1) is 15.2. The maximum Gasteiger partial charge on any atom is 0.180 e. The van der Waals surface area contributed by atoms with E-state index in [0.29, 0.717) is 0 Å². The standard InChI is InChI=1S/C20H16N8/c1-2-13-9-22-26-16(13)7-12(1)18-11-28-6-5-21-20(28)19(25-18)24-15-4-3-14-10-23-27-17(14)8-15/h1-7,9-11,15H,8H2,(H,22,26)(H,23,27)(H,24,25). The lowest BCUT2D eigenvalue weighted by atomic mass is 10.0. The van der Waals surface area contributed by atoms with Crippen LogP contribution in [-0.4, -0.2) is 40.8 Å². The summed E-state index contributed by atoms with van der Waals surface area (Å²) in [6.45, 7) is 0. The Morgan fingerprint density at radius 2 is 2.11 bits per heavy atom. The van der Waals surface area contributed by atoms with E-state index in [1.54, 1.807) is 6.20 Å². The smallest absolute Gasteiger partial charge is 0.180 e. The van der Waals surface area contributed by atoms with Crippen LogP contribution in [0.3, 0.4) is 0 Å². The largest absolute Gasteiger partial charge is 0.360 e. The number of benzene rings is 1. The van der Waals surface area contributed by atoms with Gasteiger partial charge in [0, 0.05) is 47.2 Å². The van der Waals surface area contributed by atoms with Crippen molar-refractivity contribution in [3.8, 4) is 11.3 Å². The maximum absolute atomic E-state index is 4.88. The molecule has 0 radical (unpaired) electrons. The first-order valence-corrected chi connectivity index (χ1v) is 9.08. The van der Waals surface area contributed by atoms with Gasteiger partial charge in [-0.2, -0.15) is 10.2 Å². The highest BCUT2D eigenvalue weighted by molar-refractivity contribution is 5.83. The molecule has 3 N–H and O–H groups in total. The van der Waals surface area contributed by atoms with Crippen LogP contribution in [0.5, 0.6) is 0 Å². The predicted molar refractivity (Wildman–Crippen MR) is 107 cm³/mol. The third kappa shape index (κ3) is 2.38. The summed E-state index contributed by atoms with van der Waals surface area (Å²) in [5, 5.41) is 18.9. The second-order valence-corrected chi connectivity index (χ2v) is 6.92. The Morgan fingerprint density at radius 1 is 1.14 bits per heavy atom. The Balaban J connectivity index is 1.41. The molecule has 28 heavy (non-hydrogen) atoms. The molecule has 6 rings (SSSR count). The van der Waals surface area contributed by atoms with Crippen molar-refractivity contribution in [2.75, 3.05) is 5.32 Å². The van der Waals surface area contributed by atoms with Gasteiger partial charge >= 0.3 is 0 Å². The molecule has 0 spiro atoms. The molecule has 0 fully saturated rings. The summed E-state index contributed by atoms with van der Waals surface area (Å²) >= 11 is 0. The molecule has 1 aliphatic carbocycles. The van der Waals surface area contributed by atoms with E-state index >= 15 is 0 Å². The van der Waals surface area contributed by atoms with Crippen LogP contribution in [0.4, 0.5) is 5.82 Å². The quantitative estimate of drug-likeness (QED) is 0.454. The lowest BCUT2D eigenvalue weighted by Gasteiger charge is -2.19. The minimum absolute atomic E-state index is 0.117. The van der Waals surface area contributed by atoms with Crippen molar-refractivity contribution in [3.63, 3.8) is 0 Å². The summed E-state index contributed by atoms with van der Waals surface area (Å²) in [5.41, 5.74) is 5.94. The molecule has 136 valence electrons. The van der Waals surface area contributed by atoms with Crippen LogP contribution in [-0.2, 0) is 6.42 Å². The fraction of sp³-hybridized carbons (Fsp3) is 0.100. The molecule has 0 amide bonds. The second kappa shape index (κ2) is 5.78. The van der Waals surface area contributed by atoms with Crippen molar-refractivity contribution in [1.82, 2.24) is 34.8 Å². The Kier molecular flexibility index (Phi) is 3.13. The Morgan fingerprint density at radius 3 is 3.11 bits per heavy atom. The number of H-pyrrole nitrogens is 2. The zero-order valence-electron chi connectivity index (χ0n) is 14.8. The average Bonchev–Trinajstić information content (AvgIpc) is 3.46. The monoisotopic (exact) mass is 368 g/mol. The molecule has 1 aliphatic rings. The van der Waals surface area contributed by atoms with Crippen molar-refractivity contribution < 1.29 is 0 Å². The van der Waals surface area contributed by atoms with Gasteiger partial charge in [-0.25, -0.2) is 9.97 Å². The Hall–Kier alpha value is -3.94. The molecule has 1 unspecified atom stereocenters. The maximum atomic E-state index is 4.88. The first-order chi connectivity index (χ1) is 13.8. The van der Waals surface area contributed by atoms with E-state index in [9.17, 15) is 0 Å². The van der Waals surface area contributed by atoms with Gasteiger partial charge in [0.2, 0.25) is 0 Å². The second-order valence-electron chi connectivity index (χ2n) is 6.92. The number of hydrogen-bond donors (Lipinski definition) is 3. The first-order valence-electron chi connectivity index (χ1n) is 9.08. The lowest BCUT2D eigenvalue weighted by molar-refractivity contribution is 0.813. The van der Waals surface area contributed by atoms with E-state index in [1.165, 1.54) is 0 Å². The van der Waals surface area contributed by atoms with Gasteiger partial charge in [-0.05, 0) is 6.07 Å². The molecule has 8 nitrogen and oxygen atoms in total. The zero-order chi connectivity index (χ0) is 18.5. The number of aromatic amines is 2. The van der Waals surface area contributed by atoms with Gasteiger partial charge < -0.3 is 9.72 Å². The van der Waals surface area contributed by atoms with Gasteiger partial charge in [0.25, 0.3) is 0 Å². The highest BCUT2D eigenvalue weighted by Crippen LogP contribution is 2.26. The van der Waals surface area contributed by atoms with E-state index in [2.05, 4.69) is 55.0 Å². The van der Waals surface area contributed by atoms with Crippen molar-refractivity contribution in [1.29, 1.82) is 0 Å². The van der Waals surface area contributed by atoms with E-state index in [1.807, 2.05) is 35.3 Å². The van der Waals surface area contributed by atoms with Crippen LogP contribution in [0.15, 0.2) is 55.3 Å². The normalized spacial score (nSPS) is 15.9. The molecular weight excluding hydrogens is 352 g/mol. The summed E-state index contributed by atoms with van der Waals surface area (Å²) < 4.78 is 2.00. The summed E-state index contributed by atoms with van der Waals surface area (Å²) in [4.78, 5) is 9.36. The number of aromatic nitrogens is 7. The van der Waals surface area contributed by atoms with Gasteiger partial charge in [-0.3, -0.25) is 10.2 Å². The third-order valence-electron chi connectivity index (χ3n) is 5.12. The van der Waals surface area contributed by atoms with Gasteiger partial charge in [0.1, 0.15) is 0 Å². The highest BCUT2D eigenvalue weighted by Gasteiger charge is 2.18. The van der Waals surface area contributed by atoms with Crippen molar-refractivity contribution in [3.05, 3.63) is 66.5 Å². The van der Waals surface area contributed by atoms with Crippen LogP contribution >= 0.6 is 0 Å². The van der Waals surface area contributed by atoms with E-state index in [-0.39, 0.29) is 6.04 Å². The lowest BCUT2D eigenvalue weighted by Crippen LogP contribution is -2.23. The molecule has 0 aliphatic heterocycles. The summed E-state index contributed by atoms with van der Waals surface area (Å²) in [7, 11) is 0. The molecule has 0 saturated heterocycles. The van der Waals surface area contributed by atoms with Gasteiger partial charge in [0.05, 0.1) is 29.6 Å². The molecule has 0 bridgehead atoms. The molecule has 0 saturated carbocycles. The number of fused-ring (bicyclic) bond motifs is 3. The van der Waals surface area contributed by atoms with Crippen molar-refractivity contribution >= 4 is 28.4 Å². The fourth-order valence-electron chi connectivity index (χ4n) is 3.68.